The van der Waals surface area contributed by atoms with E-state index in [4.69, 9.17) is 23.2 Å². The van der Waals surface area contributed by atoms with E-state index in [1.807, 2.05) is 36.4 Å². The minimum absolute atomic E-state index is 0.0853. The van der Waals surface area contributed by atoms with Crippen LogP contribution in [0.15, 0.2) is 66.7 Å². The second-order valence-electron chi connectivity index (χ2n) is 10.4. The van der Waals surface area contributed by atoms with E-state index in [1.165, 1.54) is 16.7 Å². The van der Waals surface area contributed by atoms with E-state index in [0.717, 1.165) is 42.6 Å². The van der Waals surface area contributed by atoms with Gasteiger partial charge in [-0.05, 0) is 55.5 Å². The van der Waals surface area contributed by atoms with Gasteiger partial charge in [-0.1, -0.05) is 102 Å². The molecule has 1 saturated carbocycles. The van der Waals surface area contributed by atoms with Crippen molar-refractivity contribution in [2.24, 2.45) is 0 Å². The summed E-state index contributed by atoms with van der Waals surface area (Å²) in [6.07, 6.45) is 4.62. The third-order valence-electron chi connectivity index (χ3n) is 7.10. The van der Waals surface area contributed by atoms with Crippen LogP contribution in [0.5, 0.6) is 0 Å². The molecule has 1 atom stereocenters. The molecule has 1 aliphatic rings. The summed E-state index contributed by atoms with van der Waals surface area (Å²) in [4.78, 5) is 29.4. The summed E-state index contributed by atoms with van der Waals surface area (Å²) < 4.78 is 0. The first-order valence-corrected chi connectivity index (χ1v) is 15.4. The summed E-state index contributed by atoms with van der Waals surface area (Å²) in [6.45, 7) is 4.40. The molecular weight excluding hydrogens is 547 g/mol. The van der Waals surface area contributed by atoms with Gasteiger partial charge in [0.05, 0.1) is 5.75 Å². The Hall–Kier alpha value is -2.47. The Morgan fingerprint density at radius 2 is 1.64 bits per heavy atom. The SMILES string of the molecule is Cc1cc(C)cc(CSCC(=O)N(Cc2ccc(Cl)cc2Cl)[C@@H](Cc2ccccc2)C(=O)NC2CCCC2)c1. The van der Waals surface area contributed by atoms with Gasteiger partial charge in [-0.2, -0.15) is 0 Å². The number of hydrogen-bond donors (Lipinski definition) is 1. The number of thioether (sulfide) groups is 1. The number of rotatable bonds is 11. The molecule has 0 aromatic heterocycles. The Balaban J connectivity index is 1.59. The summed E-state index contributed by atoms with van der Waals surface area (Å²) in [5.41, 5.74) is 5.38. The topological polar surface area (TPSA) is 49.4 Å². The van der Waals surface area contributed by atoms with Crippen LogP contribution in [0.4, 0.5) is 0 Å². The molecule has 3 aromatic carbocycles. The summed E-state index contributed by atoms with van der Waals surface area (Å²) >= 11 is 14.3. The van der Waals surface area contributed by atoms with Gasteiger partial charge in [-0.15, -0.1) is 11.8 Å². The number of carbonyl (C=O) groups is 2. The van der Waals surface area contributed by atoms with Crippen molar-refractivity contribution in [3.63, 3.8) is 0 Å². The minimum Gasteiger partial charge on any atom is -0.352 e. The van der Waals surface area contributed by atoms with Crippen LogP contribution in [-0.4, -0.2) is 34.6 Å². The Labute approximate surface area is 246 Å². The lowest BCUT2D eigenvalue weighted by Gasteiger charge is -2.32. The van der Waals surface area contributed by atoms with Crippen LogP contribution in [0.3, 0.4) is 0 Å². The van der Waals surface area contributed by atoms with Crippen molar-refractivity contribution in [1.29, 1.82) is 0 Å². The molecule has 0 radical (unpaired) electrons. The largest absolute Gasteiger partial charge is 0.352 e. The number of benzene rings is 3. The van der Waals surface area contributed by atoms with E-state index in [0.29, 0.717) is 16.5 Å². The third-order valence-corrected chi connectivity index (χ3v) is 8.68. The minimum atomic E-state index is -0.658. The monoisotopic (exact) mass is 582 g/mol. The summed E-state index contributed by atoms with van der Waals surface area (Å²) in [5, 5.41) is 4.26. The van der Waals surface area contributed by atoms with Crippen LogP contribution in [0.1, 0.15) is 53.5 Å². The number of aryl methyl sites for hydroxylation is 2. The number of nitrogens with one attached hydrogen (secondary N) is 1. The molecule has 0 bridgehead atoms. The molecule has 0 heterocycles. The Kier molecular flexibility index (Phi) is 10.8. The molecule has 0 spiro atoms. The number of nitrogens with zero attached hydrogens (tertiary/aromatic N) is 1. The summed E-state index contributed by atoms with van der Waals surface area (Å²) in [6, 6.07) is 21.1. The van der Waals surface area contributed by atoms with E-state index < -0.39 is 6.04 Å². The van der Waals surface area contributed by atoms with E-state index in [1.54, 1.807) is 28.8 Å². The van der Waals surface area contributed by atoms with Gasteiger partial charge in [-0.3, -0.25) is 9.59 Å². The maximum absolute atomic E-state index is 13.9. The van der Waals surface area contributed by atoms with Gasteiger partial charge >= 0.3 is 0 Å². The van der Waals surface area contributed by atoms with Crippen LogP contribution in [0, 0.1) is 13.8 Å². The van der Waals surface area contributed by atoms with E-state index in [2.05, 4.69) is 37.4 Å². The standard InChI is InChI=1S/C32H36Cl2N2O2S/c1-22-14-23(2)16-25(15-22)20-39-21-31(37)36(19-26-12-13-27(33)18-29(26)34)30(17-24-8-4-3-5-9-24)32(38)35-28-10-6-7-11-28/h3-5,8-9,12-16,18,28,30H,6-7,10-11,17,19-21H2,1-2H3,(H,35,38)/t30-/m0/s1. The molecule has 7 heteroatoms. The molecule has 0 unspecified atom stereocenters. The van der Waals surface area contributed by atoms with Crippen LogP contribution in [-0.2, 0) is 28.3 Å². The van der Waals surface area contributed by atoms with Crippen LogP contribution in [0.2, 0.25) is 10.0 Å². The molecule has 1 fully saturated rings. The first kappa shape index (κ1) is 29.5. The Bertz CT molecular complexity index is 1260. The lowest BCUT2D eigenvalue weighted by molar-refractivity contribution is -0.139. The smallest absolute Gasteiger partial charge is 0.243 e. The van der Waals surface area contributed by atoms with Gasteiger partial charge in [0.15, 0.2) is 0 Å². The van der Waals surface area contributed by atoms with E-state index in [-0.39, 0.29) is 30.2 Å². The van der Waals surface area contributed by atoms with Gasteiger partial charge in [0.25, 0.3) is 0 Å². The van der Waals surface area contributed by atoms with Gasteiger partial charge in [0.1, 0.15) is 6.04 Å². The number of amides is 2. The van der Waals surface area contributed by atoms with Gasteiger partial charge in [0, 0.05) is 34.8 Å². The van der Waals surface area contributed by atoms with Gasteiger partial charge in [0.2, 0.25) is 11.8 Å². The number of carbonyl (C=O) groups excluding carboxylic acids is 2. The van der Waals surface area contributed by atoms with Crippen LogP contribution >= 0.6 is 35.0 Å². The van der Waals surface area contributed by atoms with Crippen molar-refractivity contribution in [2.75, 3.05) is 5.75 Å². The molecule has 206 valence electrons. The summed E-state index contributed by atoms with van der Waals surface area (Å²) in [7, 11) is 0. The van der Waals surface area contributed by atoms with Crippen molar-refractivity contribution in [2.45, 2.75) is 70.3 Å². The first-order valence-electron chi connectivity index (χ1n) is 13.5. The highest BCUT2D eigenvalue weighted by atomic mass is 35.5. The second kappa shape index (κ2) is 14.2. The molecule has 0 saturated heterocycles. The lowest BCUT2D eigenvalue weighted by atomic mass is 10.0. The zero-order valence-corrected chi connectivity index (χ0v) is 24.9. The molecule has 3 aromatic rings. The molecule has 0 aliphatic heterocycles. The maximum atomic E-state index is 13.9. The van der Waals surface area contributed by atoms with E-state index >= 15 is 0 Å². The highest BCUT2D eigenvalue weighted by Gasteiger charge is 2.32. The van der Waals surface area contributed by atoms with Gasteiger partial charge < -0.3 is 10.2 Å². The molecule has 4 rings (SSSR count). The Morgan fingerprint density at radius 3 is 2.31 bits per heavy atom. The lowest BCUT2D eigenvalue weighted by Crippen LogP contribution is -2.52. The average molecular weight is 584 g/mol. The second-order valence-corrected chi connectivity index (χ2v) is 12.3. The van der Waals surface area contributed by atoms with Crippen molar-refractivity contribution in [1.82, 2.24) is 10.2 Å². The normalized spacial score (nSPS) is 14.3. The van der Waals surface area contributed by atoms with Gasteiger partial charge in [-0.25, -0.2) is 0 Å². The highest BCUT2D eigenvalue weighted by Crippen LogP contribution is 2.26. The highest BCUT2D eigenvalue weighted by molar-refractivity contribution is 7.99. The van der Waals surface area contributed by atoms with Crippen molar-refractivity contribution < 1.29 is 9.59 Å². The van der Waals surface area contributed by atoms with Crippen molar-refractivity contribution in [3.8, 4) is 0 Å². The maximum Gasteiger partial charge on any atom is 0.243 e. The fourth-order valence-corrected chi connectivity index (χ4v) is 6.56. The zero-order chi connectivity index (χ0) is 27.8. The predicted molar refractivity (Wildman–Crippen MR) is 163 cm³/mol. The average Bonchev–Trinajstić information content (AvgIpc) is 3.40. The molecule has 4 nitrogen and oxygen atoms in total. The van der Waals surface area contributed by atoms with E-state index in [9.17, 15) is 9.59 Å². The predicted octanol–water partition coefficient (Wildman–Crippen LogP) is 7.54. The number of hydrogen-bond acceptors (Lipinski definition) is 3. The fraction of sp³-hybridized carbons (Fsp3) is 0.375. The molecule has 1 N–H and O–H groups in total. The molecule has 1 aliphatic carbocycles. The van der Waals surface area contributed by atoms with Crippen molar-refractivity contribution >= 4 is 46.8 Å². The molecular formula is C32H36Cl2N2O2S. The third kappa shape index (κ3) is 8.76. The Morgan fingerprint density at radius 1 is 0.949 bits per heavy atom. The quantitative estimate of drug-likeness (QED) is 0.254. The van der Waals surface area contributed by atoms with Crippen LogP contribution in [0.25, 0.3) is 0 Å². The molecule has 2 amide bonds. The summed E-state index contributed by atoms with van der Waals surface area (Å²) in [5.74, 6) is 0.795. The first-order chi connectivity index (χ1) is 18.8. The van der Waals surface area contributed by atoms with Crippen molar-refractivity contribution in [3.05, 3.63) is 105 Å². The zero-order valence-electron chi connectivity index (χ0n) is 22.6. The molecule has 39 heavy (non-hydrogen) atoms. The van der Waals surface area contributed by atoms with Crippen LogP contribution < -0.4 is 5.32 Å². The number of halogens is 2. The fourth-order valence-electron chi connectivity index (χ4n) is 5.25.